The van der Waals surface area contributed by atoms with Crippen molar-refractivity contribution in [2.75, 3.05) is 38.0 Å². The number of benzene rings is 2. The number of aromatic nitrogens is 4. The van der Waals surface area contributed by atoms with Crippen molar-refractivity contribution >= 4 is 22.7 Å². The molecular formula is C28H31F4N7. The highest BCUT2D eigenvalue weighted by Gasteiger charge is 2.21. The van der Waals surface area contributed by atoms with E-state index in [2.05, 4.69) is 37.0 Å². The monoisotopic (exact) mass is 541 g/mol. The molecule has 1 fully saturated rings. The maximum Gasteiger partial charge on any atom is 0.228 e. The van der Waals surface area contributed by atoms with Crippen molar-refractivity contribution in [3.05, 3.63) is 65.1 Å². The van der Waals surface area contributed by atoms with Gasteiger partial charge in [0.05, 0.1) is 17.4 Å². The van der Waals surface area contributed by atoms with Gasteiger partial charge in [0.2, 0.25) is 5.95 Å². The lowest BCUT2D eigenvalue weighted by molar-refractivity contribution is 0.131. The van der Waals surface area contributed by atoms with E-state index in [0.29, 0.717) is 17.9 Å². The summed E-state index contributed by atoms with van der Waals surface area (Å²) >= 11 is 0. The van der Waals surface area contributed by atoms with Crippen LogP contribution < -0.4 is 5.32 Å². The van der Waals surface area contributed by atoms with Crippen LogP contribution in [-0.2, 0) is 6.54 Å². The Morgan fingerprint density at radius 2 is 1.59 bits per heavy atom. The van der Waals surface area contributed by atoms with E-state index in [4.69, 9.17) is 0 Å². The van der Waals surface area contributed by atoms with Crippen molar-refractivity contribution in [2.24, 2.45) is 0 Å². The van der Waals surface area contributed by atoms with Gasteiger partial charge in [-0.1, -0.05) is 6.92 Å². The van der Waals surface area contributed by atoms with Gasteiger partial charge in [0, 0.05) is 56.0 Å². The van der Waals surface area contributed by atoms with Gasteiger partial charge in [-0.2, -0.15) is 0 Å². The lowest BCUT2D eigenvalue weighted by Crippen LogP contribution is -2.45. The van der Waals surface area contributed by atoms with Crippen LogP contribution in [0.1, 0.15) is 38.2 Å². The van der Waals surface area contributed by atoms with Gasteiger partial charge < -0.3 is 14.8 Å². The van der Waals surface area contributed by atoms with Gasteiger partial charge in [-0.15, -0.1) is 0 Å². The summed E-state index contributed by atoms with van der Waals surface area (Å²) in [7, 11) is 0. The number of rotatable bonds is 7. The molecule has 4 aromatic rings. The molecule has 0 atom stereocenters. The topological polar surface area (TPSA) is 62.1 Å². The van der Waals surface area contributed by atoms with Gasteiger partial charge >= 0.3 is 0 Å². The van der Waals surface area contributed by atoms with E-state index in [1.807, 2.05) is 18.4 Å². The van der Waals surface area contributed by atoms with Crippen molar-refractivity contribution in [3.8, 4) is 11.3 Å². The Labute approximate surface area is 224 Å². The molecule has 0 bridgehead atoms. The van der Waals surface area contributed by atoms with Gasteiger partial charge in [-0.05, 0) is 45.5 Å². The molecule has 0 aliphatic carbocycles. The first-order chi connectivity index (χ1) is 18.6. The molecule has 5 rings (SSSR count). The number of nitrogens with zero attached hydrogens (tertiary/aromatic N) is 6. The predicted octanol–water partition coefficient (Wildman–Crippen LogP) is 5.82. The Balaban J connectivity index is 1.41. The van der Waals surface area contributed by atoms with Crippen LogP contribution in [0.3, 0.4) is 0 Å². The van der Waals surface area contributed by atoms with Crippen molar-refractivity contribution in [1.29, 1.82) is 0 Å². The maximum absolute atomic E-state index is 15.0. The number of imidazole rings is 1. The lowest BCUT2D eigenvalue weighted by atomic mass is 10.1. The first-order valence-corrected chi connectivity index (χ1v) is 13.0. The third-order valence-electron chi connectivity index (χ3n) is 7.15. The largest absolute Gasteiger partial charge is 0.326 e. The number of hydrogen-bond acceptors (Lipinski definition) is 6. The zero-order chi connectivity index (χ0) is 27.8. The Kier molecular flexibility index (Phi) is 7.55. The van der Waals surface area contributed by atoms with Crippen LogP contribution in [-0.4, -0.2) is 62.0 Å². The number of anilines is 2. The third kappa shape index (κ3) is 5.46. The molecule has 2 aromatic carbocycles. The zero-order valence-corrected chi connectivity index (χ0v) is 22.4. The molecule has 0 spiro atoms. The first-order valence-electron chi connectivity index (χ1n) is 13.0. The summed E-state index contributed by atoms with van der Waals surface area (Å²) in [6.45, 7) is 12.4. The van der Waals surface area contributed by atoms with E-state index in [-0.39, 0.29) is 40.0 Å². The maximum atomic E-state index is 15.0. The van der Waals surface area contributed by atoms with Crippen LogP contribution in [0.15, 0.2) is 30.5 Å². The Hall–Kier alpha value is -3.57. The molecule has 39 heavy (non-hydrogen) atoms. The van der Waals surface area contributed by atoms with Crippen LogP contribution in [0.2, 0.25) is 0 Å². The fraction of sp³-hybridized carbons (Fsp3) is 0.393. The van der Waals surface area contributed by atoms with E-state index >= 15 is 0 Å². The highest BCUT2D eigenvalue weighted by molar-refractivity contribution is 5.83. The van der Waals surface area contributed by atoms with E-state index in [0.717, 1.165) is 57.1 Å². The van der Waals surface area contributed by atoms with E-state index in [9.17, 15) is 17.6 Å². The minimum atomic E-state index is -0.781. The molecule has 1 N–H and O–H groups in total. The number of aryl methyl sites for hydroxylation is 1. The molecule has 0 unspecified atom stereocenters. The smallest absolute Gasteiger partial charge is 0.228 e. The molecule has 0 saturated carbocycles. The van der Waals surface area contributed by atoms with Crippen LogP contribution in [0.5, 0.6) is 0 Å². The normalized spacial score (nSPS) is 15.0. The summed E-state index contributed by atoms with van der Waals surface area (Å²) in [5.41, 5.74) is 0.762. The Bertz CT molecular complexity index is 1510. The minimum Gasteiger partial charge on any atom is -0.326 e. The van der Waals surface area contributed by atoms with Gasteiger partial charge in [-0.25, -0.2) is 32.5 Å². The fourth-order valence-electron chi connectivity index (χ4n) is 5.12. The number of halogens is 4. The first kappa shape index (κ1) is 27.0. The van der Waals surface area contributed by atoms with Crippen molar-refractivity contribution in [3.63, 3.8) is 0 Å². The molecule has 1 aliphatic rings. The molecule has 0 amide bonds. The lowest BCUT2D eigenvalue weighted by Gasteiger charge is -2.34. The van der Waals surface area contributed by atoms with Crippen molar-refractivity contribution in [1.82, 2.24) is 29.3 Å². The number of hydrogen-bond donors (Lipinski definition) is 1. The summed E-state index contributed by atoms with van der Waals surface area (Å²) in [5, 5.41) is 2.64. The second-order valence-electron chi connectivity index (χ2n) is 10.1. The molecule has 3 heterocycles. The van der Waals surface area contributed by atoms with Gasteiger partial charge in [0.25, 0.3) is 0 Å². The molecule has 7 nitrogen and oxygen atoms in total. The fourth-order valence-corrected chi connectivity index (χ4v) is 5.12. The van der Waals surface area contributed by atoms with Gasteiger partial charge in [-0.3, -0.25) is 4.90 Å². The van der Waals surface area contributed by atoms with Crippen LogP contribution in [0.4, 0.5) is 29.2 Å². The second-order valence-corrected chi connectivity index (χ2v) is 10.1. The van der Waals surface area contributed by atoms with Crippen LogP contribution >= 0.6 is 0 Å². The standard InChI is InChI=1S/C28H31F4N7/c1-5-37-6-8-38(9-7-37)15-19-11-21(30)24(13-20(19)29)35-28-33-14-23(32)26(36-28)18-10-22(31)27-25(12-18)39(16(2)3)17(4)34-27/h10-14,16H,5-9,15H2,1-4H3,(H,33,35,36). The summed E-state index contributed by atoms with van der Waals surface area (Å²) in [4.78, 5) is 16.8. The molecule has 206 valence electrons. The van der Waals surface area contributed by atoms with Gasteiger partial charge in [0.15, 0.2) is 11.6 Å². The predicted molar refractivity (Wildman–Crippen MR) is 143 cm³/mol. The van der Waals surface area contributed by atoms with Crippen LogP contribution in [0.25, 0.3) is 22.3 Å². The molecular weight excluding hydrogens is 510 g/mol. The number of fused-ring (bicyclic) bond motifs is 1. The van der Waals surface area contributed by atoms with Crippen molar-refractivity contribution < 1.29 is 17.6 Å². The Morgan fingerprint density at radius 3 is 2.28 bits per heavy atom. The highest BCUT2D eigenvalue weighted by Crippen LogP contribution is 2.31. The summed E-state index contributed by atoms with van der Waals surface area (Å²) in [5.74, 6) is -2.16. The SMILES string of the molecule is CCN1CCN(Cc2cc(F)c(Nc3ncc(F)c(-c4cc(F)c5nc(C)n(C(C)C)c5c4)n3)cc2F)CC1. The summed E-state index contributed by atoms with van der Waals surface area (Å²) < 4.78 is 61.6. The molecule has 2 aromatic heterocycles. The van der Waals surface area contributed by atoms with Gasteiger partial charge in [0.1, 0.15) is 28.7 Å². The molecule has 1 saturated heterocycles. The highest BCUT2D eigenvalue weighted by atomic mass is 19.1. The number of likely N-dealkylation sites (N-methyl/N-ethyl adjacent to an activating group) is 1. The molecule has 0 radical (unpaired) electrons. The quantitative estimate of drug-likeness (QED) is 0.298. The van der Waals surface area contributed by atoms with Crippen molar-refractivity contribution in [2.45, 2.75) is 40.3 Å². The zero-order valence-electron chi connectivity index (χ0n) is 22.4. The van der Waals surface area contributed by atoms with E-state index in [1.165, 1.54) is 0 Å². The second kappa shape index (κ2) is 10.9. The third-order valence-corrected chi connectivity index (χ3v) is 7.15. The average Bonchev–Trinajstić information content (AvgIpc) is 3.25. The van der Waals surface area contributed by atoms with E-state index < -0.39 is 23.3 Å². The van der Waals surface area contributed by atoms with E-state index in [1.54, 1.807) is 13.0 Å². The average molecular weight is 542 g/mol. The number of piperazine rings is 1. The van der Waals surface area contributed by atoms with Crippen LogP contribution in [0, 0.1) is 30.2 Å². The molecule has 1 aliphatic heterocycles. The summed E-state index contributed by atoms with van der Waals surface area (Å²) in [6, 6.07) is 4.98. The Morgan fingerprint density at radius 1 is 0.872 bits per heavy atom. The molecule has 11 heteroatoms. The summed E-state index contributed by atoms with van der Waals surface area (Å²) in [6.07, 6.45) is 0.913. The number of nitrogens with one attached hydrogen (secondary N) is 1. The minimum absolute atomic E-state index is 0.00100.